The van der Waals surface area contributed by atoms with E-state index in [2.05, 4.69) is 14.5 Å². The Kier molecular flexibility index (Phi) is 5.48. The van der Waals surface area contributed by atoms with E-state index in [9.17, 15) is 26.7 Å². The van der Waals surface area contributed by atoms with Crippen LogP contribution in [0.4, 0.5) is 22.0 Å². The topological polar surface area (TPSA) is 48.4 Å². The van der Waals surface area contributed by atoms with Gasteiger partial charge in [0.05, 0.1) is 24.8 Å². The molecule has 0 radical (unpaired) electrons. The van der Waals surface area contributed by atoms with E-state index >= 15 is 0 Å². The van der Waals surface area contributed by atoms with Crippen molar-refractivity contribution < 1.29 is 36.2 Å². The van der Waals surface area contributed by atoms with Gasteiger partial charge in [0, 0.05) is 9.77 Å². The highest BCUT2D eigenvalue weighted by atomic mass is 127. The first-order chi connectivity index (χ1) is 9.15. The zero-order chi connectivity index (χ0) is 15.5. The SMILES string of the molecule is COC(=O)Cc1ncc(I)c(C(F)F)c1OC(F)(F)F. The molecule has 0 aromatic carbocycles. The molecule has 20 heavy (non-hydrogen) atoms. The zero-order valence-corrected chi connectivity index (χ0v) is 12.0. The molecule has 0 aliphatic carbocycles. The highest BCUT2D eigenvalue weighted by molar-refractivity contribution is 14.1. The molecule has 10 heteroatoms. The summed E-state index contributed by atoms with van der Waals surface area (Å²) >= 11 is 1.41. The van der Waals surface area contributed by atoms with Crippen molar-refractivity contribution in [3.8, 4) is 5.75 Å². The van der Waals surface area contributed by atoms with Crippen molar-refractivity contribution in [2.45, 2.75) is 19.2 Å². The molecule has 0 amide bonds. The van der Waals surface area contributed by atoms with E-state index in [1.165, 1.54) is 22.6 Å². The molecular weight excluding hydrogens is 404 g/mol. The molecule has 0 aliphatic rings. The molecule has 0 bridgehead atoms. The summed E-state index contributed by atoms with van der Waals surface area (Å²) in [6.07, 6.45) is -8.17. The fourth-order valence-corrected chi connectivity index (χ4v) is 1.91. The molecule has 0 fully saturated rings. The van der Waals surface area contributed by atoms with E-state index in [0.717, 1.165) is 13.3 Å². The summed E-state index contributed by atoms with van der Waals surface area (Å²) in [4.78, 5) is 14.6. The van der Waals surface area contributed by atoms with E-state index in [1.54, 1.807) is 0 Å². The van der Waals surface area contributed by atoms with Crippen molar-refractivity contribution in [2.75, 3.05) is 7.11 Å². The van der Waals surface area contributed by atoms with Crippen LogP contribution in [0.5, 0.6) is 5.75 Å². The Morgan fingerprint density at radius 1 is 1.45 bits per heavy atom. The number of hydrogen-bond acceptors (Lipinski definition) is 4. The quantitative estimate of drug-likeness (QED) is 0.434. The van der Waals surface area contributed by atoms with Gasteiger partial charge in [-0.2, -0.15) is 0 Å². The number of hydrogen-bond donors (Lipinski definition) is 0. The van der Waals surface area contributed by atoms with Crippen molar-refractivity contribution in [1.29, 1.82) is 0 Å². The number of esters is 1. The molecule has 0 aliphatic heterocycles. The molecule has 1 aromatic rings. The van der Waals surface area contributed by atoms with Gasteiger partial charge in [0.1, 0.15) is 0 Å². The van der Waals surface area contributed by atoms with Gasteiger partial charge in [0.15, 0.2) is 5.75 Å². The van der Waals surface area contributed by atoms with Gasteiger partial charge in [-0.25, -0.2) is 8.78 Å². The first kappa shape index (κ1) is 16.9. The smallest absolute Gasteiger partial charge is 0.469 e. The monoisotopic (exact) mass is 411 g/mol. The molecule has 1 heterocycles. The van der Waals surface area contributed by atoms with Crippen molar-refractivity contribution in [3.63, 3.8) is 0 Å². The summed E-state index contributed by atoms with van der Waals surface area (Å²) in [5.74, 6) is -2.09. The first-order valence-electron chi connectivity index (χ1n) is 4.93. The summed E-state index contributed by atoms with van der Waals surface area (Å²) in [6, 6.07) is 0. The first-order valence-corrected chi connectivity index (χ1v) is 6.01. The number of rotatable bonds is 4. The Morgan fingerprint density at radius 3 is 2.50 bits per heavy atom. The van der Waals surface area contributed by atoms with Crippen LogP contribution in [0.25, 0.3) is 0 Å². The van der Waals surface area contributed by atoms with Crippen LogP contribution in [0.15, 0.2) is 6.20 Å². The highest BCUT2D eigenvalue weighted by Crippen LogP contribution is 2.38. The number of ether oxygens (including phenoxy) is 2. The van der Waals surface area contributed by atoms with Crippen LogP contribution in [-0.2, 0) is 16.0 Å². The van der Waals surface area contributed by atoms with Crippen LogP contribution < -0.4 is 4.74 Å². The van der Waals surface area contributed by atoms with Crippen LogP contribution in [0, 0.1) is 3.57 Å². The van der Waals surface area contributed by atoms with E-state index < -0.39 is 42.2 Å². The standard InChI is InChI=1S/C10H7F5INO3/c1-19-6(18)2-5-8(20-10(13,14)15)7(9(11)12)4(16)3-17-5/h3,9H,2H2,1H3. The maximum atomic E-state index is 12.9. The second-order valence-electron chi connectivity index (χ2n) is 3.40. The van der Waals surface area contributed by atoms with Gasteiger partial charge in [0.25, 0.3) is 6.43 Å². The third-order valence-corrected chi connectivity index (χ3v) is 2.93. The summed E-state index contributed by atoms with van der Waals surface area (Å²) < 4.78 is 70.3. The number of carbonyl (C=O) groups is 1. The normalized spacial score (nSPS) is 11.6. The number of aromatic nitrogens is 1. The summed E-state index contributed by atoms with van der Waals surface area (Å²) in [5, 5.41) is 0. The molecule has 0 unspecified atom stereocenters. The average Bonchev–Trinajstić information content (AvgIpc) is 2.30. The van der Waals surface area contributed by atoms with E-state index in [-0.39, 0.29) is 3.57 Å². The fraction of sp³-hybridized carbons (Fsp3) is 0.400. The van der Waals surface area contributed by atoms with Crippen molar-refractivity contribution in [2.24, 2.45) is 0 Å². The number of methoxy groups -OCH3 is 1. The lowest BCUT2D eigenvalue weighted by Crippen LogP contribution is -2.21. The third-order valence-electron chi connectivity index (χ3n) is 2.07. The van der Waals surface area contributed by atoms with Crippen LogP contribution in [0.2, 0.25) is 0 Å². The number of alkyl halides is 5. The number of nitrogens with zero attached hydrogens (tertiary/aromatic N) is 1. The van der Waals surface area contributed by atoms with Gasteiger partial charge in [-0.05, 0) is 22.6 Å². The fourth-order valence-electron chi connectivity index (χ4n) is 1.29. The molecule has 0 atom stereocenters. The molecule has 1 aromatic heterocycles. The third kappa shape index (κ3) is 4.42. The van der Waals surface area contributed by atoms with Crippen molar-refractivity contribution in [1.82, 2.24) is 4.98 Å². The molecule has 0 spiro atoms. The summed E-state index contributed by atoms with van der Waals surface area (Å²) in [5.41, 5.74) is -1.53. The molecular formula is C10H7F5INO3. The number of halogens is 6. The molecule has 112 valence electrons. The maximum absolute atomic E-state index is 12.9. The highest BCUT2D eigenvalue weighted by Gasteiger charge is 2.36. The predicted octanol–water partition coefficient (Wildman–Crippen LogP) is 3.24. The minimum absolute atomic E-state index is 0.203. The van der Waals surface area contributed by atoms with Gasteiger partial charge in [-0.3, -0.25) is 9.78 Å². The van der Waals surface area contributed by atoms with Crippen LogP contribution in [-0.4, -0.2) is 24.4 Å². The molecule has 0 N–H and O–H groups in total. The van der Waals surface area contributed by atoms with E-state index in [4.69, 9.17) is 0 Å². The van der Waals surface area contributed by atoms with Gasteiger partial charge < -0.3 is 9.47 Å². The van der Waals surface area contributed by atoms with E-state index in [0.29, 0.717) is 0 Å². The van der Waals surface area contributed by atoms with E-state index in [1.807, 2.05) is 0 Å². The Morgan fingerprint density at radius 2 is 2.05 bits per heavy atom. The average molecular weight is 411 g/mol. The Bertz CT molecular complexity index is 506. The number of carbonyl (C=O) groups excluding carboxylic acids is 1. The van der Waals surface area contributed by atoms with Crippen LogP contribution in [0.3, 0.4) is 0 Å². The minimum Gasteiger partial charge on any atom is -0.469 e. The Labute approximate surface area is 123 Å². The second kappa shape index (κ2) is 6.50. The van der Waals surface area contributed by atoms with Crippen LogP contribution in [0.1, 0.15) is 17.7 Å². The lowest BCUT2D eigenvalue weighted by Gasteiger charge is -2.17. The van der Waals surface area contributed by atoms with Gasteiger partial charge >= 0.3 is 12.3 Å². The maximum Gasteiger partial charge on any atom is 0.573 e. The summed E-state index contributed by atoms with van der Waals surface area (Å²) in [6.45, 7) is 0. The number of pyridine rings is 1. The summed E-state index contributed by atoms with van der Waals surface area (Å²) in [7, 11) is 1.01. The van der Waals surface area contributed by atoms with Crippen molar-refractivity contribution in [3.05, 3.63) is 21.0 Å². The van der Waals surface area contributed by atoms with Gasteiger partial charge in [-0.15, -0.1) is 13.2 Å². The lowest BCUT2D eigenvalue weighted by molar-refractivity contribution is -0.275. The van der Waals surface area contributed by atoms with Gasteiger partial charge in [-0.1, -0.05) is 0 Å². The van der Waals surface area contributed by atoms with Crippen molar-refractivity contribution >= 4 is 28.6 Å². The lowest BCUT2D eigenvalue weighted by atomic mass is 10.1. The largest absolute Gasteiger partial charge is 0.573 e. The predicted molar refractivity (Wildman–Crippen MR) is 64.3 cm³/mol. The Balaban J connectivity index is 3.36. The zero-order valence-electron chi connectivity index (χ0n) is 9.80. The molecule has 4 nitrogen and oxygen atoms in total. The molecule has 0 saturated heterocycles. The van der Waals surface area contributed by atoms with Gasteiger partial charge in [0.2, 0.25) is 0 Å². The molecule has 1 rings (SSSR count). The Hall–Kier alpha value is -1.20. The minimum atomic E-state index is -5.18. The molecule has 0 saturated carbocycles. The van der Waals surface area contributed by atoms with Crippen LogP contribution >= 0.6 is 22.6 Å². The second-order valence-corrected chi connectivity index (χ2v) is 4.56.